The fourth-order valence-corrected chi connectivity index (χ4v) is 4.41. The highest BCUT2D eigenvalue weighted by molar-refractivity contribution is 5.86. The molecule has 0 spiro atoms. The average Bonchev–Trinajstić information content (AvgIpc) is 3.11. The van der Waals surface area contributed by atoms with Crippen molar-refractivity contribution < 1.29 is 44.5 Å². The predicted octanol–water partition coefficient (Wildman–Crippen LogP) is 3.21. The van der Waals surface area contributed by atoms with Crippen molar-refractivity contribution in [3.8, 4) is 11.5 Å². The number of hydrogen-bond acceptors (Lipinski definition) is 13. The van der Waals surface area contributed by atoms with E-state index in [0.29, 0.717) is 29.2 Å². The highest BCUT2D eigenvalue weighted by atomic mass is 16.8. The second-order valence-electron chi connectivity index (χ2n) is 10.5. The molecular weight excluding hydrogens is 620 g/mol. The topological polar surface area (TPSA) is 177 Å². The van der Waals surface area contributed by atoms with Gasteiger partial charge in [-0.05, 0) is 58.1 Å². The van der Waals surface area contributed by atoms with Gasteiger partial charge in [0.25, 0.3) is 6.29 Å². The maximum atomic E-state index is 10.1. The van der Waals surface area contributed by atoms with Crippen LogP contribution in [0.5, 0.6) is 11.5 Å². The number of ether oxygens (including phenoxy) is 1. The van der Waals surface area contributed by atoms with Crippen LogP contribution in [0, 0.1) is 0 Å². The Morgan fingerprint density at radius 1 is 0.583 bits per heavy atom. The standard InChI is InChI=1S/C35H34N4O9/c40-22-31-32(41)33(42)34(43)35(45-31)48-39-20-26-10-4-9-25(15-26)19-37-46-30-14-6-12-28(17-30)21-38-47-29-13-5-11-27(16-29)18-36-44-23-24-7-2-1-3-8-24/h1-21,31-35,40-43H,22-23H2/b36-18+,37-19+,38-21+,39-20+/t31-,32-,33+,34-,35+/m1/s1. The summed E-state index contributed by atoms with van der Waals surface area (Å²) in [4.78, 5) is 21.6. The molecule has 0 saturated carbocycles. The number of nitrogens with zero attached hydrogens (tertiary/aromatic N) is 4. The van der Waals surface area contributed by atoms with Gasteiger partial charge >= 0.3 is 0 Å². The van der Waals surface area contributed by atoms with Crippen LogP contribution in [0.3, 0.4) is 0 Å². The van der Waals surface area contributed by atoms with E-state index in [1.54, 1.807) is 61.0 Å². The molecule has 0 aromatic heterocycles. The first kappa shape index (κ1) is 33.9. The van der Waals surface area contributed by atoms with Crippen LogP contribution in [0.4, 0.5) is 0 Å². The van der Waals surface area contributed by atoms with Gasteiger partial charge in [0.2, 0.25) is 0 Å². The van der Waals surface area contributed by atoms with Crippen molar-refractivity contribution in [2.75, 3.05) is 6.61 Å². The number of aliphatic hydroxyl groups is 4. The molecule has 0 radical (unpaired) electrons. The lowest BCUT2D eigenvalue weighted by molar-refractivity contribution is -0.301. The van der Waals surface area contributed by atoms with E-state index in [1.165, 1.54) is 12.4 Å². The Balaban J connectivity index is 1.09. The van der Waals surface area contributed by atoms with Gasteiger partial charge in [-0.3, -0.25) is 0 Å². The Morgan fingerprint density at radius 3 is 1.73 bits per heavy atom. The summed E-state index contributed by atoms with van der Waals surface area (Å²) in [6.07, 6.45) is -1.01. The van der Waals surface area contributed by atoms with Crippen LogP contribution in [0.2, 0.25) is 0 Å². The number of rotatable bonds is 14. The first-order chi connectivity index (χ1) is 23.5. The van der Waals surface area contributed by atoms with E-state index in [4.69, 9.17) is 24.1 Å². The molecule has 0 unspecified atom stereocenters. The zero-order chi connectivity index (χ0) is 33.6. The average molecular weight is 655 g/mol. The van der Waals surface area contributed by atoms with Crippen LogP contribution >= 0.6 is 0 Å². The molecular formula is C35H34N4O9. The van der Waals surface area contributed by atoms with E-state index in [2.05, 4.69) is 20.6 Å². The fourth-order valence-electron chi connectivity index (χ4n) is 4.41. The Kier molecular flexibility index (Phi) is 12.3. The molecule has 5 atom stereocenters. The van der Waals surface area contributed by atoms with E-state index >= 15 is 0 Å². The normalized spacial score (nSPS) is 21.3. The molecule has 1 saturated heterocycles. The molecule has 0 aliphatic carbocycles. The summed E-state index contributed by atoms with van der Waals surface area (Å²) >= 11 is 0. The van der Waals surface area contributed by atoms with Gasteiger partial charge in [-0.1, -0.05) is 93.4 Å². The summed E-state index contributed by atoms with van der Waals surface area (Å²) in [6.45, 7) is -0.188. The highest BCUT2D eigenvalue weighted by Gasteiger charge is 2.44. The summed E-state index contributed by atoms with van der Waals surface area (Å²) in [5.41, 5.74) is 3.89. The van der Waals surface area contributed by atoms with E-state index in [1.807, 2.05) is 54.6 Å². The van der Waals surface area contributed by atoms with Crippen molar-refractivity contribution in [2.45, 2.75) is 37.3 Å². The van der Waals surface area contributed by atoms with Crippen molar-refractivity contribution in [2.24, 2.45) is 20.6 Å². The molecule has 4 aromatic rings. The van der Waals surface area contributed by atoms with Gasteiger partial charge in [0.05, 0.1) is 31.5 Å². The molecule has 5 rings (SSSR count). The van der Waals surface area contributed by atoms with Gasteiger partial charge < -0.3 is 44.5 Å². The second-order valence-corrected chi connectivity index (χ2v) is 10.5. The Bertz CT molecular complexity index is 1720. The van der Waals surface area contributed by atoms with Crippen LogP contribution in [0.15, 0.2) is 124 Å². The van der Waals surface area contributed by atoms with Gasteiger partial charge in [-0.15, -0.1) is 0 Å². The van der Waals surface area contributed by atoms with E-state index in [9.17, 15) is 20.4 Å². The lowest BCUT2D eigenvalue weighted by atomic mass is 9.99. The summed E-state index contributed by atoms with van der Waals surface area (Å²) in [5, 5.41) is 55.0. The van der Waals surface area contributed by atoms with Crippen LogP contribution in [-0.2, 0) is 21.0 Å². The summed E-state index contributed by atoms with van der Waals surface area (Å²) in [7, 11) is 0. The molecule has 4 aromatic carbocycles. The smallest absolute Gasteiger partial charge is 0.256 e. The first-order valence-corrected chi connectivity index (χ1v) is 14.9. The Hall–Kier alpha value is -5.44. The quantitative estimate of drug-likeness (QED) is 0.117. The van der Waals surface area contributed by atoms with Gasteiger partial charge in [-0.2, -0.15) is 0 Å². The number of aliphatic hydroxyl groups excluding tert-OH is 4. The SMILES string of the molecule is OC[C@H]1O[C@@H](O/N=C/c2cccc(/C=N/Oc3cccc(/C=N/Oc4cccc(/C=N/OCc5ccccc5)c4)c3)c2)[C@H](O)[C@@H](O)[C@@H]1O. The minimum Gasteiger partial charge on any atom is -0.394 e. The molecule has 4 N–H and O–H groups in total. The second kappa shape index (κ2) is 17.5. The molecule has 1 aliphatic rings. The number of hydrogen-bond donors (Lipinski definition) is 4. The van der Waals surface area contributed by atoms with Crippen LogP contribution in [-0.4, -0.2) is 82.6 Å². The van der Waals surface area contributed by atoms with Crippen molar-refractivity contribution in [3.05, 3.63) is 131 Å². The van der Waals surface area contributed by atoms with Crippen LogP contribution in [0.1, 0.15) is 27.8 Å². The minimum atomic E-state index is -1.56. The molecule has 1 aliphatic heterocycles. The van der Waals surface area contributed by atoms with Crippen molar-refractivity contribution in [3.63, 3.8) is 0 Å². The van der Waals surface area contributed by atoms with Gasteiger partial charge in [0, 0.05) is 0 Å². The molecule has 1 heterocycles. The van der Waals surface area contributed by atoms with Gasteiger partial charge in [-0.25, -0.2) is 0 Å². The molecule has 13 nitrogen and oxygen atoms in total. The predicted molar refractivity (Wildman–Crippen MR) is 177 cm³/mol. The van der Waals surface area contributed by atoms with E-state index in [-0.39, 0.29) is 0 Å². The number of benzene rings is 4. The highest BCUT2D eigenvalue weighted by Crippen LogP contribution is 2.22. The Labute approximate surface area is 276 Å². The van der Waals surface area contributed by atoms with Crippen molar-refractivity contribution in [1.82, 2.24) is 0 Å². The molecule has 0 bridgehead atoms. The Morgan fingerprint density at radius 2 is 1.12 bits per heavy atom. The maximum absolute atomic E-state index is 10.1. The van der Waals surface area contributed by atoms with Gasteiger partial charge in [0.1, 0.15) is 31.0 Å². The van der Waals surface area contributed by atoms with E-state index in [0.717, 1.165) is 16.7 Å². The van der Waals surface area contributed by atoms with Crippen LogP contribution in [0.25, 0.3) is 0 Å². The lowest BCUT2D eigenvalue weighted by Gasteiger charge is -2.38. The largest absolute Gasteiger partial charge is 0.394 e. The van der Waals surface area contributed by atoms with Crippen molar-refractivity contribution in [1.29, 1.82) is 0 Å². The molecule has 248 valence electrons. The van der Waals surface area contributed by atoms with Crippen LogP contribution < -0.4 is 9.68 Å². The molecule has 1 fully saturated rings. The zero-order valence-corrected chi connectivity index (χ0v) is 25.5. The monoisotopic (exact) mass is 654 g/mol. The third kappa shape index (κ3) is 10.0. The number of oxime groups is 4. The summed E-state index contributed by atoms with van der Waals surface area (Å²) in [6, 6.07) is 31.3. The lowest BCUT2D eigenvalue weighted by Crippen LogP contribution is -2.58. The fraction of sp³-hybridized carbons (Fsp3) is 0.200. The third-order valence-electron chi connectivity index (χ3n) is 6.91. The summed E-state index contributed by atoms with van der Waals surface area (Å²) in [5.74, 6) is 1.01. The molecule has 0 amide bonds. The zero-order valence-electron chi connectivity index (χ0n) is 25.5. The molecule has 48 heavy (non-hydrogen) atoms. The van der Waals surface area contributed by atoms with Crippen molar-refractivity contribution >= 4 is 24.9 Å². The molecule has 13 heteroatoms. The van der Waals surface area contributed by atoms with Gasteiger partial charge in [0.15, 0.2) is 11.5 Å². The maximum Gasteiger partial charge on any atom is 0.256 e. The first-order valence-electron chi connectivity index (χ1n) is 14.9. The minimum absolute atomic E-state index is 0.379. The van der Waals surface area contributed by atoms with E-state index < -0.39 is 37.3 Å². The third-order valence-corrected chi connectivity index (χ3v) is 6.91. The summed E-state index contributed by atoms with van der Waals surface area (Å²) < 4.78 is 5.26.